The van der Waals surface area contributed by atoms with Gasteiger partial charge in [0.15, 0.2) is 0 Å². The highest BCUT2D eigenvalue weighted by Gasteiger charge is 2.26. The van der Waals surface area contributed by atoms with Crippen molar-refractivity contribution in [3.8, 4) is 11.5 Å². The Morgan fingerprint density at radius 2 is 1.81 bits per heavy atom. The molecule has 2 unspecified atom stereocenters. The van der Waals surface area contributed by atoms with Crippen molar-refractivity contribution in [2.24, 2.45) is 5.41 Å². The maximum absolute atomic E-state index is 10.5. The average molecular weight is 295 g/mol. The molecule has 0 fully saturated rings. The van der Waals surface area contributed by atoms with Crippen molar-refractivity contribution in [1.82, 2.24) is 4.90 Å². The first kappa shape index (κ1) is 17.8. The summed E-state index contributed by atoms with van der Waals surface area (Å²) in [6.07, 6.45) is -0.597. The zero-order valence-electron chi connectivity index (χ0n) is 14.3. The van der Waals surface area contributed by atoms with Crippen LogP contribution in [0.1, 0.15) is 39.4 Å². The van der Waals surface area contributed by atoms with Crippen molar-refractivity contribution >= 4 is 0 Å². The zero-order valence-corrected chi connectivity index (χ0v) is 14.3. The van der Waals surface area contributed by atoms with E-state index in [1.165, 1.54) is 0 Å². The molecule has 4 nitrogen and oxygen atoms in total. The van der Waals surface area contributed by atoms with Crippen molar-refractivity contribution in [3.63, 3.8) is 0 Å². The van der Waals surface area contributed by atoms with Gasteiger partial charge in [-0.3, -0.25) is 0 Å². The molecule has 0 aliphatic carbocycles. The highest BCUT2D eigenvalue weighted by atomic mass is 16.5. The number of ether oxygens (including phenoxy) is 2. The second-order valence-corrected chi connectivity index (χ2v) is 6.61. The fourth-order valence-corrected chi connectivity index (χ4v) is 2.28. The smallest absolute Gasteiger partial charge is 0.128 e. The number of hydrogen-bond acceptors (Lipinski definition) is 4. The summed E-state index contributed by atoms with van der Waals surface area (Å²) in [7, 11) is 5.26. The van der Waals surface area contributed by atoms with Crippen LogP contribution < -0.4 is 9.47 Å². The van der Waals surface area contributed by atoms with Gasteiger partial charge in [0.1, 0.15) is 11.5 Å². The van der Waals surface area contributed by atoms with E-state index in [1.807, 2.05) is 19.2 Å². The Labute approximate surface area is 128 Å². The highest BCUT2D eigenvalue weighted by molar-refractivity contribution is 5.42. The van der Waals surface area contributed by atoms with Gasteiger partial charge in [-0.1, -0.05) is 20.8 Å². The molecular formula is C17H29NO3. The molecule has 0 heterocycles. The first-order valence-corrected chi connectivity index (χ1v) is 7.31. The van der Waals surface area contributed by atoms with E-state index < -0.39 is 6.10 Å². The highest BCUT2D eigenvalue weighted by Crippen LogP contribution is 2.31. The van der Waals surface area contributed by atoms with Crippen molar-refractivity contribution in [3.05, 3.63) is 23.8 Å². The van der Waals surface area contributed by atoms with Gasteiger partial charge in [-0.05, 0) is 31.5 Å². The number of hydrogen-bond donors (Lipinski definition) is 1. The number of nitrogens with zero attached hydrogens (tertiary/aromatic N) is 1. The molecule has 0 saturated heterocycles. The second-order valence-electron chi connectivity index (χ2n) is 6.61. The van der Waals surface area contributed by atoms with Gasteiger partial charge in [0.2, 0.25) is 0 Å². The molecule has 0 radical (unpaired) electrons. The summed E-state index contributed by atoms with van der Waals surface area (Å²) in [4.78, 5) is 2.17. The Morgan fingerprint density at radius 3 is 2.29 bits per heavy atom. The third kappa shape index (κ3) is 4.61. The van der Waals surface area contributed by atoms with E-state index in [-0.39, 0.29) is 5.41 Å². The summed E-state index contributed by atoms with van der Waals surface area (Å²) in [6, 6.07) is 5.86. The topological polar surface area (TPSA) is 41.9 Å². The number of aliphatic hydroxyl groups excluding tert-OH is 1. The Kier molecular flexibility index (Phi) is 6.05. The lowest BCUT2D eigenvalue weighted by Gasteiger charge is -2.36. The molecule has 4 heteroatoms. The molecular weight excluding hydrogens is 266 g/mol. The summed E-state index contributed by atoms with van der Waals surface area (Å²) >= 11 is 0. The SMILES string of the molecule is COc1ccc(C(O)CN(C)C(C)C(C)(C)C)c(OC)c1. The first-order chi connectivity index (χ1) is 9.70. The number of likely N-dealkylation sites (N-methyl/N-ethyl adjacent to an activating group) is 1. The standard InChI is InChI=1S/C17H29NO3/c1-12(17(2,3)4)18(5)11-15(19)14-9-8-13(20-6)10-16(14)21-7/h8-10,12,15,19H,11H2,1-7H3. The maximum atomic E-state index is 10.5. The Balaban J connectivity index is 2.86. The van der Waals surface area contributed by atoms with Gasteiger partial charge in [-0.2, -0.15) is 0 Å². The third-order valence-electron chi connectivity index (χ3n) is 4.18. The summed E-state index contributed by atoms with van der Waals surface area (Å²) in [6.45, 7) is 9.34. The van der Waals surface area contributed by atoms with Crippen LogP contribution in [0.25, 0.3) is 0 Å². The summed E-state index contributed by atoms with van der Waals surface area (Å²) in [5.74, 6) is 1.37. The van der Waals surface area contributed by atoms with Gasteiger partial charge >= 0.3 is 0 Å². The molecule has 0 aliphatic rings. The van der Waals surface area contributed by atoms with Crippen LogP contribution in [0.4, 0.5) is 0 Å². The number of benzene rings is 1. The van der Waals surface area contributed by atoms with Gasteiger partial charge in [0.25, 0.3) is 0 Å². The van der Waals surface area contributed by atoms with Gasteiger partial charge in [-0.15, -0.1) is 0 Å². The molecule has 120 valence electrons. The van der Waals surface area contributed by atoms with Gasteiger partial charge in [-0.25, -0.2) is 0 Å². The first-order valence-electron chi connectivity index (χ1n) is 7.31. The quantitative estimate of drug-likeness (QED) is 0.875. The van der Waals surface area contributed by atoms with Crippen LogP contribution in [0.5, 0.6) is 11.5 Å². The van der Waals surface area contributed by atoms with Crippen LogP contribution in [-0.2, 0) is 0 Å². The van der Waals surface area contributed by atoms with Crippen molar-refractivity contribution in [1.29, 1.82) is 0 Å². The fraction of sp³-hybridized carbons (Fsp3) is 0.647. The van der Waals surface area contributed by atoms with E-state index in [1.54, 1.807) is 20.3 Å². The van der Waals surface area contributed by atoms with Crippen molar-refractivity contribution < 1.29 is 14.6 Å². The molecule has 0 spiro atoms. The Bertz CT molecular complexity index is 454. The Hall–Kier alpha value is -1.26. The van der Waals surface area contributed by atoms with Gasteiger partial charge in [0, 0.05) is 24.2 Å². The van der Waals surface area contributed by atoms with Crippen LogP contribution >= 0.6 is 0 Å². The predicted octanol–water partition coefficient (Wildman–Crippen LogP) is 3.10. The van der Waals surface area contributed by atoms with E-state index in [4.69, 9.17) is 9.47 Å². The molecule has 0 aliphatic heterocycles. The minimum absolute atomic E-state index is 0.165. The number of aliphatic hydroxyl groups is 1. The van der Waals surface area contributed by atoms with Crippen LogP contribution in [0, 0.1) is 5.41 Å². The molecule has 0 aromatic heterocycles. The van der Waals surface area contributed by atoms with Crippen LogP contribution in [0.15, 0.2) is 18.2 Å². The summed E-state index contributed by atoms with van der Waals surface area (Å²) in [5, 5.41) is 10.5. The fourth-order valence-electron chi connectivity index (χ4n) is 2.28. The van der Waals surface area contributed by atoms with Crippen LogP contribution in [0.3, 0.4) is 0 Å². The third-order valence-corrected chi connectivity index (χ3v) is 4.18. The van der Waals surface area contributed by atoms with Gasteiger partial charge < -0.3 is 19.5 Å². The monoisotopic (exact) mass is 295 g/mol. The second kappa shape index (κ2) is 7.14. The molecule has 1 rings (SSSR count). The van der Waals surface area contributed by atoms with E-state index in [0.717, 1.165) is 11.3 Å². The van der Waals surface area contributed by atoms with E-state index in [9.17, 15) is 5.11 Å². The number of methoxy groups -OCH3 is 2. The maximum Gasteiger partial charge on any atom is 0.128 e. The Morgan fingerprint density at radius 1 is 1.19 bits per heavy atom. The molecule has 0 amide bonds. The lowest BCUT2D eigenvalue weighted by atomic mass is 9.87. The lowest BCUT2D eigenvalue weighted by Crippen LogP contribution is -2.41. The molecule has 2 atom stereocenters. The van der Waals surface area contributed by atoms with E-state index in [2.05, 4.69) is 32.6 Å². The number of rotatable bonds is 6. The minimum atomic E-state index is -0.597. The van der Waals surface area contributed by atoms with Crippen molar-refractivity contribution in [2.45, 2.75) is 39.8 Å². The lowest BCUT2D eigenvalue weighted by molar-refractivity contribution is 0.0702. The normalized spacial score (nSPS) is 14.9. The predicted molar refractivity (Wildman–Crippen MR) is 86.1 cm³/mol. The molecule has 21 heavy (non-hydrogen) atoms. The van der Waals surface area contributed by atoms with E-state index >= 15 is 0 Å². The van der Waals surface area contributed by atoms with Gasteiger partial charge in [0.05, 0.1) is 20.3 Å². The molecule has 0 saturated carbocycles. The minimum Gasteiger partial charge on any atom is -0.497 e. The molecule has 1 aromatic carbocycles. The molecule has 1 aromatic rings. The molecule has 1 N–H and O–H groups in total. The largest absolute Gasteiger partial charge is 0.497 e. The summed E-state index contributed by atoms with van der Waals surface area (Å²) < 4.78 is 10.5. The zero-order chi connectivity index (χ0) is 16.2. The average Bonchev–Trinajstić information content (AvgIpc) is 2.44. The van der Waals surface area contributed by atoms with Crippen LogP contribution in [-0.4, -0.2) is 43.9 Å². The van der Waals surface area contributed by atoms with Crippen molar-refractivity contribution in [2.75, 3.05) is 27.8 Å². The summed E-state index contributed by atoms with van der Waals surface area (Å²) in [5.41, 5.74) is 0.949. The van der Waals surface area contributed by atoms with E-state index in [0.29, 0.717) is 18.3 Å². The molecule has 0 bridgehead atoms. The van der Waals surface area contributed by atoms with Crippen LogP contribution in [0.2, 0.25) is 0 Å².